The third kappa shape index (κ3) is 8.04. The van der Waals surface area contributed by atoms with Gasteiger partial charge in [0, 0.05) is 29.5 Å². The molecular formula is C26H30N2O9S. The van der Waals surface area contributed by atoms with E-state index in [1.807, 2.05) is 0 Å². The summed E-state index contributed by atoms with van der Waals surface area (Å²) in [6.45, 7) is 6.37. The second kappa shape index (κ2) is 12.1. The van der Waals surface area contributed by atoms with Crippen LogP contribution in [0.4, 0.5) is 4.79 Å². The highest BCUT2D eigenvalue weighted by atomic mass is 32.1. The highest BCUT2D eigenvalue weighted by molar-refractivity contribution is 7.14. The van der Waals surface area contributed by atoms with E-state index in [9.17, 15) is 24.0 Å². The number of Topliss-reactive ketones (excluding diaryl/α,β-unsaturated/α-hetero) is 1. The molecule has 1 aliphatic heterocycles. The molecule has 0 saturated carbocycles. The minimum atomic E-state index is -1.18. The number of carboxylic acid groups (broad SMARTS) is 1. The van der Waals surface area contributed by atoms with Crippen molar-refractivity contribution in [2.75, 3.05) is 19.7 Å². The number of rotatable bonds is 9. The van der Waals surface area contributed by atoms with Gasteiger partial charge in [-0.25, -0.2) is 9.59 Å². The average molecular weight is 547 g/mol. The van der Waals surface area contributed by atoms with Crippen LogP contribution in [-0.4, -0.2) is 65.0 Å². The van der Waals surface area contributed by atoms with Gasteiger partial charge in [0.25, 0.3) is 5.91 Å². The quantitative estimate of drug-likeness (QED) is 0.357. The van der Waals surface area contributed by atoms with Crippen LogP contribution < -0.4 is 10.1 Å². The lowest BCUT2D eigenvalue weighted by Gasteiger charge is -2.29. The summed E-state index contributed by atoms with van der Waals surface area (Å²) in [5, 5.41) is 11.5. The molecular weight excluding hydrogens is 516 g/mol. The van der Waals surface area contributed by atoms with Crippen molar-refractivity contribution in [1.82, 2.24) is 10.2 Å². The van der Waals surface area contributed by atoms with E-state index in [2.05, 4.69) is 5.32 Å². The smallest absolute Gasteiger partial charge is 0.410 e. The second-order valence-corrected chi connectivity index (χ2v) is 10.7. The number of nitrogens with one attached hydrogen (secondary N) is 1. The fourth-order valence-corrected chi connectivity index (χ4v) is 4.68. The number of amides is 2. The Labute approximate surface area is 223 Å². The molecule has 0 unspecified atom stereocenters. The molecule has 12 heteroatoms. The number of thiophene rings is 1. The molecule has 11 nitrogen and oxygen atoms in total. The molecule has 204 valence electrons. The van der Waals surface area contributed by atoms with Crippen molar-refractivity contribution in [3.8, 4) is 5.75 Å². The lowest BCUT2D eigenvalue weighted by molar-refractivity contribution is -0.142. The molecule has 0 bridgehead atoms. The summed E-state index contributed by atoms with van der Waals surface area (Å²) in [6.07, 6.45) is 0.200. The molecule has 2 N–H and O–H groups in total. The molecule has 0 fully saturated rings. The van der Waals surface area contributed by atoms with Crippen molar-refractivity contribution >= 4 is 41.1 Å². The summed E-state index contributed by atoms with van der Waals surface area (Å²) in [4.78, 5) is 63.0. The van der Waals surface area contributed by atoms with Crippen LogP contribution >= 0.6 is 11.3 Å². The minimum Gasteiger partial charge on any atom is -0.481 e. The first-order valence-electron chi connectivity index (χ1n) is 11.8. The zero-order valence-corrected chi connectivity index (χ0v) is 22.4. The molecule has 2 amide bonds. The number of ketones is 1. The third-order valence-electron chi connectivity index (χ3n) is 5.32. The number of esters is 1. The highest BCUT2D eigenvalue weighted by Crippen LogP contribution is 2.29. The van der Waals surface area contributed by atoms with Crippen molar-refractivity contribution in [2.45, 2.75) is 52.9 Å². The van der Waals surface area contributed by atoms with Crippen molar-refractivity contribution in [2.24, 2.45) is 0 Å². The van der Waals surface area contributed by atoms with Gasteiger partial charge in [-0.05, 0) is 57.0 Å². The fourth-order valence-electron chi connectivity index (χ4n) is 3.60. The predicted octanol–water partition coefficient (Wildman–Crippen LogP) is 3.18. The number of carbonyl (C=O) groups is 5. The van der Waals surface area contributed by atoms with Gasteiger partial charge in [0.1, 0.15) is 18.0 Å². The number of nitrogens with zero attached hydrogens (tertiary/aromatic N) is 1. The van der Waals surface area contributed by atoms with Crippen molar-refractivity contribution in [3.05, 3.63) is 50.7 Å². The fraction of sp³-hybridized carbons (Fsp3) is 0.423. The van der Waals surface area contributed by atoms with E-state index >= 15 is 0 Å². The Kier molecular flexibility index (Phi) is 9.10. The number of aliphatic carboxylic acids is 1. The number of ether oxygens (including phenoxy) is 3. The summed E-state index contributed by atoms with van der Waals surface area (Å²) in [6, 6.07) is 6.02. The number of benzene rings is 1. The van der Waals surface area contributed by atoms with Crippen LogP contribution in [0.25, 0.3) is 0 Å². The summed E-state index contributed by atoms with van der Waals surface area (Å²) >= 11 is 1.32. The predicted molar refractivity (Wildman–Crippen MR) is 136 cm³/mol. The van der Waals surface area contributed by atoms with E-state index in [0.29, 0.717) is 30.0 Å². The van der Waals surface area contributed by atoms with Crippen LogP contribution in [0.2, 0.25) is 0 Å². The van der Waals surface area contributed by atoms with E-state index in [1.54, 1.807) is 31.7 Å². The lowest BCUT2D eigenvalue weighted by Crippen LogP contribution is -2.39. The first-order valence-corrected chi connectivity index (χ1v) is 12.7. The van der Waals surface area contributed by atoms with E-state index in [-0.39, 0.29) is 24.5 Å². The lowest BCUT2D eigenvalue weighted by atomic mass is 10.1. The molecule has 0 saturated heterocycles. The number of carboxylic acids is 1. The molecule has 2 heterocycles. The Balaban J connectivity index is 1.63. The van der Waals surface area contributed by atoms with Gasteiger partial charge < -0.3 is 29.5 Å². The van der Waals surface area contributed by atoms with Gasteiger partial charge in [0.15, 0.2) is 12.4 Å². The molecule has 1 aliphatic rings. The molecule has 1 aromatic carbocycles. The first kappa shape index (κ1) is 28.6. The van der Waals surface area contributed by atoms with Crippen LogP contribution in [0.1, 0.15) is 63.7 Å². The van der Waals surface area contributed by atoms with Crippen LogP contribution in [-0.2, 0) is 38.6 Å². The number of hydrogen-bond acceptors (Lipinski definition) is 9. The molecule has 38 heavy (non-hydrogen) atoms. The maximum Gasteiger partial charge on any atom is 0.410 e. The maximum atomic E-state index is 12.8. The normalized spacial score (nSPS) is 12.8. The Morgan fingerprint density at radius 3 is 2.53 bits per heavy atom. The van der Waals surface area contributed by atoms with Gasteiger partial charge in [-0.3, -0.25) is 14.4 Å². The third-order valence-corrected chi connectivity index (χ3v) is 6.55. The number of hydrogen-bond donors (Lipinski definition) is 2. The van der Waals surface area contributed by atoms with Gasteiger partial charge in [-0.15, -0.1) is 11.3 Å². The Morgan fingerprint density at radius 1 is 1.13 bits per heavy atom. The SMILES string of the molecule is CC(=O)OCc1cc(C(=O)CNC(=O)c2cc3c(s2)CCN(C(=O)OC(C)(C)C)C3)ccc1OCC(=O)O. The van der Waals surface area contributed by atoms with Crippen LogP contribution in [0.5, 0.6) is 5.75 Å². The summed E-state index contributed by atoms with van der Waals surface area (Å²) in [7, 11) is 0. The number of fused-ring (bicyclic) bond motifs is 1. The summed E-state index contributed by atoms with van der Waals surface area (Å²) in [5.74, 6) is -2.38. The highest BCUT2D eigenvalue weighted by Gasteiger charge is 2.28. The van der Waals surface area contributed by atoms with Crippen molar-refractivity contribution in [3.63, 3.8) is 0 Å². The van der Waals surface area contributed by atoms with E-state index in [0.717, 1.165) is 10.4 Å². The van der Waals surface area contributed by atoms with Crippen molar-refractivity contribution < 1.29 is 43.3 Å². The molecule has 3 rings (SSSR count). The Bertz CT molecular complexity index is 1250. The molecule has 0 atom stereocenters. The zero-order valence-electron chi connectivity index (χ0n) is 21.6. The van der Waals surface area contributed by atoms with E-state index in [1.165, 1.54) is 36.5 Å². The first-order chi connectivity index (χ1) is 17.8. The average Bonchev–Trinajstić information content (AvgIpc) is 3.27. The van der Waals surface area contributed by atoms with Gasteiger partial charge in [-0.2, -0.15) is 0 Å². The van der Waals surface area contributed by atoms with Gasteiger partial charge in [-0.1, -0.05) is 0 Å². The monoisotopic (exact) mass is 546 g/mol. The standard InChI is InChI=1S/C26H30N2O9S/c1-15(29)35-13-18-9-16(5-6-20(18)36-14-23(31)32)19(30)11-27-24(33)22-10-17-12-28(8-7-21(17)38-22)25(34)37-26(2,3)4/h5-6,9-10H,7-8,11-14H2,1-4H3,(H,27,33)(H,31,32). The molecule has 0 radical (unpaired) electrons. The molecule has 2 aromatic rings. The largest absolute Gasteiger partial charge is 0.481 e. The van der Waals surface area contributed by atoms with Crippen LogP contribution in [0.15, 0.2) is 24.3 Å². The van der Waals surface area contributed by atoms with Crippen LogP contribution in [0, 0.1) is 0 Å². The summed E-state index contributed by atoms with van der Waals surface area (Å²) < 4.78 is 15.6. The van der Waals surface area contributed by atoms with Crippen LogP contribution in [0.3, 0.4) is 0 Å². The number of carbonyl (C=O) groups excluding carboxylic acids is 4. The Morgan fingerprint density at radius 2 is 1.87 bits per heavy atom. The van der Waals surface area contributed by atoms with Gasteiger partial charge in [0.05, 0.1) is 18.0 Å². The topological polar surface area (TPSA) is 149 Å². The second-order valence-electron chi connectivity index (χ2n) is 9.60. The minimum absolute atomic E-state index is 0.166. The van der Waals surface area contributed by atoms with Crippen molar-refractivity contribution in [1.29, 1.82) is 0 Å². The van der Waals surface area contributed by atoms with Gasteiger partial charge >= 0.3 is 18.0 Å². The summed E-state index contributed by atoms with van der Waals surface area (Å²) in [5.41, 5.74) is 0.819. The maximum absolute atomic E-state index is 12.8. The zero-order chi connectivity index (χ0) is 28.0. The molecule has 0 spiro atoms. The van der Waals surface area contributed by atoms with Gasteiger partial charge in [0.2, 0.25) is 0 Å². The van der Waals surface area contributed by atoms with E-state index < -0.39 is 41.9 Å². The Hall–Kier alpha value is -3.93. The van der Waals surface area contributed by atoms with E-state index in [4.69, 9.17) is 19.3 Å². The molecule has 1 aromatic heterocycles. The molecule has 0 aliphatic carbocycles.